The molecule has 0 bridgehead atoms. The molecule has 1 atom stereocenters. The largest absolute Gasteiger partial charge is 0.360 e. The Hall–Kier alpha value is -0.570. The van der Waals surface area contributed by atoms with Crippen molar-refractivity contribution in [3.63, 3.8) is 0 Å². The maximum Gasteiger partial charge on any atom is 0.245 e. The first-order valence-electron chi connectivity index (χ1n) is 8.21. The summed E-state index contributed by atoms with van der Waals surface area (Å²) in [4.78, 5) is 2.78. The van der Waals surface area contributed by atoms with Gasteiger partial charge in [0.25, 0.3) is 0 Å². The van der Waals surface area contributed by atoms with Crippen LogP contribution < -0.4 is 4.72 Å². The van der Waals surface area contributed by atoms with E-state index in [1.807, 2.05) is 11.8 Å². The Balaban J connectivity index is 1.51. The van der Waals surface area contributed by atoms with Crippen LogP contribution in [-0.4, -0.2) is 55.7 Å². The van der Waals surface area contributed by atoms with E-state index in [1.54, 1.807) is 13.8 Å². The molecule has 0 saturated carbocycles. The third-order valence-corrected chi connectivity index (χ3v) is 7.68. The number of aryl methyl sites for hydroxylation is 2. The molecule has 2 aliphatic heterocycles. The van der Waals surface area contributed by atoms with Gasteiger partial charge in [-0.05, 0) is 57.9 Å². The topological polar surface area (TPSA) is 75.4 Å². The molecule has 1 aromatic rings. The fourth-order valence-corrected chi connectivity index (χ4v) is 6.19. The van der Waals surface area contributed by atoms with Gasteiger partial charge < -0.3 is 4.52 Å². The first-order chi connectivity index (χ1) is 11.0. The van der Waals surface area contributed by atoms with Crippen LogP contribution in [0, 0.1) is 19.8 Å². The van der Waals surface area contributed by atoms with Crippen molar-refractivity contribution in [1.82, 2.24) is 14.8 Å². The van der Waals surface area contributed by atoms with Crippen molar-refractivity contribution < 1.29 is 12.9 Å². The van der Waals surface area contributed by atoms with E-state index in [2.05, 4.69) is 14.8 Å². The van der Waals surface area contributed by atoms with Gasteiger partial charge >= 0.3 is 0 Å². The summed E-state index contributed by atoms with van der Waals surface area (Å²) in [6.07, 6.45) is 3.42. The minimum Gasteiger partial charge on any atom is -0.360 e. The number of hydrogen-bond donors (Lipinski definition) is 1. The monoisotopic (exact) mass is 359 g/mol. The Morgan fingerprint density at radius 2 is 2.04 bits per heavy atom. The van der Waals surface area contributed by atoms with E-state index in [-0.39, 0.29) is 4.90 Å². The second kappa shape index (κ2) is 7.13. The number of nitrogens with zero attached hydrogens (tertiary/aromatic N) is 2. The van der Waals surface area contributed by atoms with Gasteiger partial charge in [0.15, 0.2) is 5.76 Å². The van der Waals surface area contributed by atoms with Crippen LogP contribution in [0.3, 0.4) is 0 Å². The Labute approximate surface area is 142 Å². The number of nitrogens with one attached hydrogen (secondary N) is 1. The van der Waals surface area contributed by atoms with Crippen molar-refractivity contribution in [1.29, 1.82) is 0 Å². The van der Waals surface area contributed by atoms with Crippen molar-refractivity contribution in [2.45, 2.75) is 44.0 Å². The summed E-state index contributed by atoms with van der Waals surface area (Å²) < 4.78 is 32.6. The Morgan fingerprint density at radius 1 is 1.30 bits per heavy atom. The fourth-order valence-electron chi connectivity index (χ4n) is 3.49. The highest BCUT2D eigenvalue weighted by atomic mass is 32.2. The molecule has 3 rings (SSSR count). The standard InChI is InChI=1S/C15H25N3O3S2/c1-11-15(12(2)21-17-11)23(19,20)16-9-13-3-6-18(7-4-13)14-5-8-22-10-14/h13-14,16H,3-10H2,1-2H3. The van der Waals surface area contributed by atoms with E-state index in [1.165, 1.54) is 17.9 Å². The third kappa shape index (κ3) is 3.92. The van der Waals surface area contributed by atoms with E-state index < -0.39 is 10.0 Å². The van der Waals surface area contributed by atoms with Gasteiger partial charge in [0.1, 0.15) is 10.6 Å². The molecule has 8 heteroatoms. The lowest BCUT2D eigenvalue weighted by Crippen LogP contribution is -2.43. The summed E-state index contributed by atoms with van der Waals surface area (Å²) in [5.41, 5.74) is 0.420. The SMILES string of the molecule is Cc1noc(C)c1S(=O)(=O)NCC1CCN(C2CCSC2)CC1. The summed E-state index contributed by atoms with van der Waals surface area (Å²) in [6, 6.07) is 0.736. The van der Waals surface area contributed by atoms with Crippen molar-refractivity contribution >= 4 is 21.8 Å². The summed E-state index contributed by atoms with van der Waals surface area (Å²) in [5, 5.41) is 3.73. The predicted octanol–water partition coefficient (Wildman–Crippen LogP) is 1.79. The zero-order chi connectivity index (χ0) is 16.4. The molecule has 0 radical (unpaired) electrons. The number of piperidine rings is 1. The summed E-state index contributed by atoms with van der Waals surface area (Å²) in [6.45, 7) is 5.96. The average Bonchev–Trinajstić information content (AvgIpc) is 3.16. The first-order valence-corrected chi connectivity index (χ1v) is 10.9. The molecule has 2 saturated heterocycles. The van der Waals surface area contributed by atoms with Crippen LogP contribution in [0.2, 0.25) is 0 Å². The highest BCUT2D eigenvalue weighted by Gasteiger charge is 2.29. The molecule has 6 nitrogen and oxygen atoms in total. The summed E-state index contributed by atoms with van der Waals surface area (Å²) >= 11 is 2.04. The van der Waals surface area contributed by atoms with Gasteiger partial charge in [-0.1, -0.05) is 5.16 Å². The molecule has 2 aliphatic rings. The number of sulfonamides is 1. The normalized spacial score (nSPS) is 24.3. The number of hydrogen-bond acceptors (Lipinski definition) is 6. The third-order valence-electron chi connectivity index (χ3n) is 4.87. The van der Waals surface area contributed by atoms with Crippen LogP contribution in [-0.2, 0) is 10.0 Å². The van der Waals surface area contributed by atoms with Crippen LogP contribution in [0.1, 0.15) is 30.7 Å². The van der Waals surface area contributed by atoms with Crippen molar-refractivity contribution in [2.75, 3.05) is 31.1 Å². The molecule has 0 aliphatic carbocycles. The van der Waals surface area contributed by atoms with Gasteiger partial charge in [-0.15, -0.1) is 0 Å². The van der Waals surface area contributed by atoms with Gasteiger partial charge in [-0.25, -0.2) is 13.1 Å². The van der Waals surface area contributed by atoms with Gasteiger partial charge in [-0.3, -0.25) is 4.90 Å². The van der Waals surface area contributed by atoms with Gasteiger partial charge in [-0.2, -0.15) is 11.8 Å². The lowest BCUT2D eigenvalue weighted by molar-refractivity contribution is 0.145. The molecule has 0 spiro atoms. The van der Waals surface area contributed by atoms with Crippen LogP contribution in [0.4, 0.5) is 0 Å². The van der Waals surface area contributed by atoms with Crippen molar-refractivity contribution in [3.05, 3.63) is 11.5 Å². The molecule has 2 fully saturated rings. The minimum atomic E-state index is -3.53. The van der Waals surface area contributed by atoms with E-state index in [0.717, 1.165) is 32.0 Å². The second-order valence-electron chi connectivity index (χ2n) is 6.50. The predicted molar refractivity (Wildman–Crippen MR) is 91.2 cm³/mol. The smallest absolute Gasteiger partial charge is 0.245 e. The van der Waals surface area contributed by atoms with E-state index in [0.29, 0.717) is 23.9 Å². The van der Waals surface area contributed by atoms with Crippen LogP contribution >= 0.6 is 11.8 Å². The number of aromatic nitrogens is 1. The lowest BCUT2D eigenvalue weighted by atomic mass is 9.96. The number of rotatable bonds is 5. The zero-order valence-corrected chi connectivity index (χ0v) is 15.4. The summed E-state index contributed by atoms with van der Waals surface area (Å²) in [5.74, 6) is 3.30. The Kier molecular flexibility index (Phi) is 5.35. The molecular formula is C15H25N3O3S2. The zero-order valence-electron chi connectivity index (χ0n) is 13.7. The van der Waals surface area contributed by atoms with Crippen molar-refractivity contribution in [3.8, 4) is 0 Å². The van der Waals surface area contributed by atoms with Crippen molar-refractivity contribution in [2.24, 2.45) is 5.92 Å². The van der Waals surface area contributed by atoms with Gasteiger partial charge in [0, 0.05) is 18.3 Å². The van der Waals surface area contributed by atoms with E-state index in [4.69, 9.17) is 4.52 Å². The van der Waals surface area contributed by atoms with E-state index >= 15 is 0 Å². The molecule has 0 aromatic carbocycles. The quantitative estimate of drug-likeness (QED) is 0.864. The molecule has 0 amide bonds. The van der Waals surface area contributed by atoms with Crippen LogP contribution in [0.25, 0.3) is 0 Å². The second-order valence-corrected chi connectivity index (χ2v) is 9.36. The average molecular weight is 360 g/mol. The fraction of sp³-hybridized carbons (Fsp3) is 0.800. The Morgan fingerprint density at radius 3 is 2.61 bits per heavy atom. The minimum absolute atomic E-state index is 0.193. The lowest BCUT2D eigenvalue weighted by Gasteiger charge is -2.35. The Bertz CT molecular complexity index is 611. The molecule has 1 aromatic heterocycles. The maximum atomic E-state index is 12.4. The van der Waals surface area contributed by atoms with Gasteiger partial charge in [0.05, 0.1) is 0 Å². The van der Waals surface area contributed by atoms with Gasteiger partial charge in [0.2, 0.25) is 10.0 Å². The molecule has 1 N–H and O–H groups in total. The molecule has 130 valence electrons. The van der Waals surface area contributed by atoms with Crippen LogP contribution in [0.15, 0.2) is 9.42 Å². The highest BCUT2D eigenvalue weighted by molar-refractivity contribution is 7.99. The van der Waals surface area contributed by atoms with Crippen LogP contribution in [0.5, 0.6) is 0 Å². The summed E-state index contributed by atoms with van der Waals surface area (Å²) in [7, 11) is -3.53. The first kappa shape index (κ1) is 17.3. The molecule has 1 unspecified atom stereocenters. The molecular weight excluding hydrogens is 334 g/mol. The number of thioether (sulfide) groups is 1. The highest BCUT2D eigenvalue weighted by Crippen LogP contribution is 2.27. The molecule has 3 heterocycles. The molecule has 23 heavy (non-hydrogen) atoms. The maximum absolute atomic E-state index is 12.4. The number of likely N-dealkylation sites (tertiary alicyclic amines) is 1. The van der Waals surface area contributed by atoms with E-state index in [9.17, 15) is 8.42 Å².